The molecule has 1 aliphatic rings. The molecule has 6 heterocycles. The molecular formula is C29H37N9. The second-order valence-corrected chi connectivity index (χ2v) is 11.0. The van der Waals surface area contributed by atoms with Gasteiger partial charge in [-0.25, -0.2) is 14.5 Å². The van der Waals surface area contributed by atoms with E-state index in [4.69, 9.17) is 4.98 Å². The number of hydrogen-bond acceptors (Lipinski definition) is 6. The van der Waals surface area contributed by atoms with E-state index in [9.17, 15) is 0 Å². The highest BCUT2D eigenvalue weighted by molar-refractivity contribution is 5.90. The molecular weight excluding hydrogens is 474 g/mol. The van der Waals surface area contributed by atoms with Gasteiger partial charge in [0.05, 0.1) is 22.4 Å². The van der Waals surface area contributed by atoms with E-state index >= 15 is 0 Å². The summed E-state index contributed by atoms with van der Waals surface area (Å²) in [7, 11) is 4.25. The van der Waals surface area contributed by atoms with Crippen molar-refractivity contribution in [2.75, 3.05) is 25.0 Å². The Morgan fingerprint density at radius 2 is 1.87 bits per heavy atom. The summed E-state index contributed by atoms with van der Waals surface area (Å²) in [5.41, 5.74) is 10.2. The van der Waals surface area contributed by atoms with E-state index in [1.165, 1.54) is 16.8 Å². The molecule has 198 valence electrons. The normalized spacial score (nSPS) is 15.1. The number of hydrogen-bond donors (Lipinski definition) is 1. The number of rotatable bonds is 6. The molecule has 1 saturated heterocycles. The molecule has 9 nitrogen and oxygen atoms in total. The van der Waals surface area contributed by atoms with E-state index in [0.29, 0.717) is 12.0 Å². The molecule has 1 fully saturated rings. The lowest BCUT2D eigenvalue weighted by atomic mass is 9.95. The van der Waals surface area contributed by atoms with Crippen molar-refractivity contribution in [1.29, 1.82) is 0 Å². The summed E-state index contributed by atoms with van der Waals surface area (Å²) in [6.45, 7) is 11.7. The first-order valence-corrected chi connectivity index (χ1v) is 13.6. The van der Waals surface area contributed by atoms with E-state index in [1.54, 1.807) is 6.33 Å². The first-order valence-electron chi connectivity index (χ1n) is 13.6. The maximum Gasteiger partial charge on any atom is 0.158 e. The van der Waals surface area contributed by atoms with E-state index in [-0.39, 0.29) is 0 Å². The predicted molar refractivity (Wildman–Crippen MR) is 152 cm³/mol. The first kappa shape index (κ1) is 24.6. The van der Waals surface area contributed by atoms with Gasteiger partial charge in [-0.2, -0.15) is 10.2 Å². The number of fused-ring (bicyclic) bond motifs is 2. The van der Waals surface area contributed by atoms with Gasteiger partial charge in [0.1, 0.15) is 12.1 Å². The van der Waals surface area contributed by atoms with Crippen LogP contribution in [0.25, 0.3) is 27.9 Å². The van der Waals surface area contributed by atoms with E-state index in [0.717, 1.165) is 71.8 Å². The SMILES string of the molecule is Cc1c(-c2[nH]c3ccc(N4CCC(N(C)Cc5ccnn5C)CC4)nc3c2C(C)C)cn2ncnc2c1C. The minimum atomic E-state index is 0.319. The molecule has 0 amide bonds. The van der Waals surface area contributed by atoms with Gasteiger partial charge in [-0.05, 0) is 69.0 Å². The number of aromatic nitrogens is 7. The van der Waals surface area contributed by atoms with Crippen LogP contribution in [-0.2, 0) is 13.6 Å². The second kappa shape index (κ2) is 9.54. The summed E-state index contributed by atoms with van der Waals surface area (Å²) in [5, 5.41) is 8.73. The van der Waals surface area contributed by atoms with Crippen LogP contribution in [-0.4, -0.2) is 65.4 Å². The molecule has 0 atom stereocenters. The van der Waals surface area contributed by atoms with Crippen LogP contribution in [0.3, 0.4) is 0 Å². The molecule has 0 aromatic carbocycles. The monoisotopic (exact) mass is 511 g/mol. The molecule has 0 aliphatic carbocycles. The summed E-state index contributed by atoms with van der Waals surface area (Å²) >= 11 is 0. The number of nitrogens with one attached hydrogen (secondary N) is 1. The van der Waals surface area contributed by atoms with Crippen molar-refractivity contribution in [2.45, 2.75) is 59.0 Å². The molecule has 5 aromatic rings. The van der Waals surface area contributed by atoms with E-state index in [1.807, 2.05) is 22.4 Å². The largest absolute Gasteiger partial charge is 0.356 e. The second-order valence-electron chi connectivity index (χ2n) is 11.0. The minimum Gasteiger partial charge on any atom is -0.356 e. The summed E-state index contributed by atoms with van der Waals surface area (Å²) in [5.74, 6) is 1.39. The number of pyridine rings is 2. The van der Waals surface area contributed by atoms with E-state index < -0.39 is 0 Å². The van der Waals surface area contributed by atoms with Gasteiger partial charge < -0.3 is 9.88 Å². The lowest BCUT2D eigenvalue weighted by molar-refractivity contribution is 0.196. The zero-order valence-corrected chi connectivity index (χ0v) is 23.2. The maximum atomic E-state index is 5.25. The first-order chi connectivity index (χ1) is 18.3. The average molecular weight is 512 g/mol. The molecule has 1 N–H and O–H groups in total. The van der Waals surface area contributed by atoms with Gasteiger partial charge in [-0.15, -0.1) is 0 Å². The minimum absolute atomic E-state index is 0.319. The molecule has 6 rings (SSSR count). The van der Waals surface area contributed by atoms with Gasteiger partial charge in [-0.1, -0.05) is 13.8 Å². The van der Waals surface area contributed by atoms with Gasteiger partial charge >= 0.3 is 0 Å². The Morgan fingerprint density at radius 3 is 2.58 bits per heavy atom. The Hall–Kier alpha value is -3.72. The van der Waals surface area contributed by atoms with Crippen LogP contribution in [0.5, 0.6) is 0 Å². The zero-order chi connectivity index (χ0) is 26.6. The Labute approximate surface area is 223 Å². The summed E-state index contributed by atoms with van der Waals surface area (Å²) < 4.78 is 3.84. The molecule has 0 radical (unpaired) electrons. The Kier molecular flexibility index (Phi) is 6.18. The molecule has 0 spiro atoms. The fourth-order valence-corrected chi connectivity index (χ4v) is 5.96. The van der Waals surface area contributed by atoms with Crippen LogP contribution in [0, 0.1) is 13.8 Å². The number of nitrogens with zero attached hydrogens (tertiary/aromatic N) is 8. The molecule has 38 heavy (non-hydrogen) atoms. The van der Waals surface area contributed by atoms with Gasteiger partial charge in [0.25, 0.3) is 0 Å². The smallest absolute Gasteiger partial charge is 0.158 e. The molecule has 9 heteroatoms. The molecule has 0 unspecified atom stereocenters. The van der Waals surface area contributed by atoms with Gasteiger partial charge in [0.2, 0.25) is 0 Å². The molecule has 0 saturated carbocycles. The highest BCUT2D eigenvalue weighted by Crippen LogP contribution is 2.38. The number of H-pyrrole nitrogens is 1. The van der Waals surface area contributed by atoms with Gasteiger partial charge in [-0.3, -0.25) is 9.58 Å². The van der Waals surface area contributed by atoms with Crippen molar-refractivity contribution in [3.63, 3.8) is 0 Å². The van der Waals surface area contributed by atoms with E-state index in [2.05, 4.69) is 89.1 Å². The van der Waals surface area contributed by atoms with Crippen LogP contribution in [0.4, 0.5) is 5.82 Å². The highest BCUT2D eigenvalue weighted by atomic mass is 15.3. The van der Waals surface area contributed by atoms with Gasteiger partial charge in [0, 0.05) is 56.2 Å². The number of anilines is 1. The Balaban J connectivity index is 1.28. The standard InChI is InChI=1S/C29H37N9/c1-18(2)26-27(23-16-38-29(30-17-32-38)20(4)19(23)3)33-24-7-8-25(34-28(24)26)37-13-10-21(11-14-37)35(5)15-22-9-12-31-36(22)6/h7-9,12,16-18,21,33H,10-11,13-15H2,1-6H3. The van der Waals surface area contributed by atoms with Crippen LogP contribution < -0.4 is 4.90 Å². The van der Waals surface area contributed by atoms with Gasteiger partial charge in [0.15, 0.2) is 5.65 Å². The van der Waals surface area contributed by atoms with Crippen LogP contribution in [0.1, 0.15) is 55.0 Å². The lowest BCUT2D eigenvalue weighted by Gasteiger charge is -2.37. The predicted octanol–water partition coefficient (Wildman–Crippen LogP) is 4.85. The van der Waals surface area contributed by atoms with Crippen molar-refractivity contribution in [2.24, 2.45) is 7.05 Å². The maximum absolute atomic E-state index is 5.25. The van der Waals surface area contributed by atoms with Crippen LogP contribution >= 0.6 is 0 Å². The van der Waals surface area contributed by atoms with Crippen molar-refractivity contribution in [1.82, 2.24) is 39.2 Å². The van der Waals surface area contributed by atoms with Crippen LogP contribution in [0.2, 0.25) is 0 Å². The highest BCUT2D eigenvalue weighted by Gasteiger charge is 2.26. The van der Waals surface area contributed by atoms with Crippen molar-refractivity contribution in [3.8, 4) is 11.3 Å². The third kappa shape index (κ3) is 4.15. The summed E-state index contributed by atoms with van der Waals surface area (Å²) in [6, 6.07) is 7.04. The third-order valence-electron chi connectivity index (χ3n) is 8.38. The van der Waals surface area contributed by atoms with Crippen molar-refractivity contribution in [3.05, 3.63) is 59.3 Å². The summed E-state index contributed by atoms with van der Waals surface area (Å²) in [4.78, 5) is 18.3. The number of piperidine rings is 1. The fraction of sp³-hybridized carbons (Fsp3) is 0.448. The quantitative estimate of drug-likeness (QED) is 0.351. The Morgan fingerprint density at radius 1 is 1.08 bits per heavy atom. The topological polar surface area (TPSA) is 83.2 Å². The average Bonchev–Trinajstić information content (AvgIpc) is 3.64. The Bertz CT molecular complexity index is 1600. The molecule has 0 bridgehead atoms. The lowest BCUT2D eigenvalue weighted by Crippen LogP contribution is -2.43. The fourth-order valence-electron chi connectivity index (χ4n) is 5.96. The van der Waals surface area contributed by atoms with Crippen molar-refractivity contribution >= 4 is 22.5 Å². The number of aromatic amines is 1. The third-order valence-corrected chi connectivity index (χ3v) is 8.38. The van der Waals surface area contributed by atoms with Crippen LogP contribution in [0.15, 0.2) is 36.9 Å². The number of aryl methyl sites for hydroxylation is 2. The zero-order valence-electron chi connectivity index (χ0n) is 23.2. The molecule has 5 aromatic heterocycles. The summed E-state index contributed by atoms with van der Waals surface area (Å²) in [6.07, 6.45) is 7.84. The van der Waals surface area contributed by atoms with Crippen molar-refractivity contribution < 1.29 is 0 Å². The molecule has 1 aliphatic heterocycles.